The molecule has 0 aliphatic heterocycles. The Morgan fingerprint density at radius 3 is 2.18 bits per heavy atom. The van der Waals surface area contributed by atoms with Crippen molar-refractivity contribution in [2.45, 2.75) is 6.42 Å². The van der Waals surface area contributed by atoms with Crippen molar-refractivity contribution in [3.63, 3.8) is 0 Å². The second-order valence-electron chi connectivity index (χ2n) is 3.75. The molecular weight excluding hydrogens is 226 g/mol. The Morgan fingerprint density at radius 2 is 1.53 bits per heavy atom. The Labute approximate surface area is 106 Å². The number of hydrogen-bond donors (Lipinski definition) is 0. The number of thiocyanates is 1. The molecule has 2 heteroatoms. The number of nitrogens with zero attached hydrogens (tertiary/aromatic N) is 1. The monoisotopic (exact) mass is 239 g/mol. The van der Waals surface area contributed by atoms with Crippen LogP contribution in [0.25, 0.3) is 11.1 Å². The fourth-order valence-corrected chi connectivity index (χ4v) is 2.14. The summed E-state index contributed by atoms with van der Waals surface area (Å²) in [6.07, 6.45) is 0.952. The number of benzene rings is 2. The molecular formula is C15H13NS. The van der Waals surface area contributed by atoms with Gasteiger partial charge in [0.25, 0.3) is 0 Å². The van der Waals surface area contributed by atoms with Gasteiger partial charge in [-0.05, 0) is 34.9 Å². The molecule has 0 radical (unpaired) electrons. The van der Waals surface area contributed by atoms with Crippen LogP contribution in [0.15, 0.2) is 54.6 Å². The highest BCUT2D eigenvalue weighted by Gasteiger charge is 1.97. The fraction of sp³-hybridized carbons (Fsp3) is 0.133. The van der Waals surface area contributed by atoms with E-state index in [1.54, 1.807) is 0 Å². The summed E-state index contributed by atoms with van der Waals surface area (Å²) in [7, 11) is 0. The third-order valence-electron chi connectivity index (χ3n) is 2.62. The summed E-state index contributed by atoms with van der Waals surface area (Å²) in [6.45, 7) is 0. The number of nitriles is 1. The highest BCUT2D eigenvalue weighted by Crippen LogP contribution is 2.19. The normalized spacial score (nSPS) is 9.82. The molecule has 0 aliphatic rings. The minimum atomic E-state index is 0.862. The van der Waals surface area contributed by atoms with E-state index in [0.29, 0.717) is 0 Å². The van der Waals surface area contributed by atoms with Gasteiger partial charge in [-0.25, -0.2) is 0 Å². The van der Waals surface area contributed by atoms with E-state index in [2.05, 4.69) is 41.8 Å². The molecule has 0 amide bonds. The molecule has 0 aromatic heterocycles. The van der Waals surface area contributed by atoms with Gasteiger partial charge in [0, 0.05) is 5.75 Å². The zero-order valence-corrected chi connectivity index (χ0v) is 10.3. The quantitative estimate of drug-likeness (QED) is 0.592. The molecule has 0 spiro atoms. The van der Waals surface area contributed by atoms with Crippen molar-refractivity contribution in [3.8, 4) is 16.5 Å². The zero-order valence-electron chi connectivity index (χ0n) is 9.47. The van der Waals surface area contributed by atoms with E-state index in [-0.39, 0.29) is 0 Å². The second kappa shape index (κ2) is 6.12. The molecule has 84 valence electrons. The highest BCUT2D eigenvalue weighted by atomic mass is 32.2. The van der Waals surface area contributed by atoms with Crippen LogP contribution in [-0.2, 0) is 6.42 Å². The summed E-state index contributed by atoms with van der Waals surface area (Å²) in [5.74, 6) is 0.862. The molecule has 0 unspecified atom stereocenters. The average Bonchev–Trinajstić information content (AvgIpc) is 2.41. The lowest BCUT2D eigenvalue weighted by Crippen LogP contribution is -1.87. The number of hydrogen-bond acceptors (Lipinski definition) is 2. The molecule has 2 aromatic rings. The SMILES string of the molecule is N#CSCCc1ccc(-c2ccccc2)cc1. The maximum Gasteiger partial charge on any atom is 0.133 e. The summed E-state index contributed by atoms with van der Waals surface area (Å²) < 4.78 is 0. The first-order valence-electron chi connectivity index (χ1n) is 5.55. The van der Waals surface area contributed by atoms with E-state index in [1.165, 1.54) is 28.5 Å². The van der Waals surface area contributed by atoms with Crippen LogP contribution in [0.5, 0.6) is 0 Å². The van der Waals surface area contributed by atoms with Gasteiger partial charge in [0.2, 0.25) is 0 Å². The Kier molecular flexibility index (Phi) is 4.23. The summed E-state index contributed by atoms with van der Waals surface area (Å²) in [5, 5.41) is 10.5. The van der Waals surface area contributed by atoms with Gasteiger partial charge in [0.05, 0.1) is 0 Å². The van der Waals surface area contributed by atoms with Crippen LogP contribution in [0.3, 0.4) is 0 Å². The number of rotatable bonds is 4. The Balaban J connectivity index is 2.06. The van der Waals surface area contributed by atoms with Gasteiger partial charge in [-0.3, -0.25) is 0 Å². The molecule has 0 heterocycles. The third kappa shape index (κ3) is 3.37. The van der Waals surface area contributed by atoms with Gasteiger partial charge in [-0.1, -0.05) is 54.6 Å². The molecule has 0 bridgehead atoms. The van der Waals surface area contributed by atoms with E-state index in [4.69, 9.17) is 5.26 Å². The van der Waals surface area contributed by atoms with Crippen molar-refractivity contribution in [2.75, 3.05) is 5.75 Å². The third-order valence-corrected chi connectivity index (χ3v) is 3.16. The van der Waals surface area contributed by atoms with Gasteiger partial charge >= 0.3 is 0 Å². The summed E-state index contributed by atoms with van der Waals surface area (Å²) in [5.41, 5.74) is 3.76. The van der Waals surface area contributed by atoms with Crippen LogP contribution >= 0.6 is 11.8 Å². The molecule has 0 atom stereocenters. The van der Waals surface area contributed by atoms with Crippen LogP contribution in [0.4, 0.5) is 0 Å². The first-order chi connectivity index (χ1) is 8.40. The molecule has 0 saturated carbocycles. The molecule has 0 aliphatic carbocycles. The number of aryl methyl sites for hydroxylation is 1. The lowest BCUT2D eigenvalue weighted by molar-refractivity contribution is 1.16. The minimum Gasteiger partial charge on any atom is -0.185 e. The summed E-state index contributed by atoms with van der Waals surface area (Å²) >= 11 is 1.31. The summed E-state index contributed by atoms with van der Waals surface area (Å²) in [6, 6.07) is 18.9. The average molecular weight is 239 g/mol. The van der Waals surface area contributed by atoms with E-state index < -0.39 is 0 Å². The van der Waals surface area contributed by atoms with Crippen LogP contribution < -0.4 is 0 Å². The van der Waals surface area contributed by atoms with E-state index in [0.717, 1.165) is 12.2 Å². The largest absolute Gasteiger partial charge is 0.185 e. The van der Waals surface area contributed by atoms with Crippen LogP contribution in [0, 0.1) is 10.7 Å². The molecule has 0 fully saturated rings. The van der Waals surface area contributed by atoms with Crippen LogP contribution in [-0.4, -0.2) is 5.75 Å². The lowest BCUT2D eigenvalue weighted by Gasteiger charge is -2.03. The van der Waals surface area contributed by atoms with Crippen molar-refractivity contribution in [1.82, 2.24) is 0 Å². The van der Waals surface area contributed by atoms with Crippen molar-refractivity contribution in [3.05, 3.63) is 60.2 Å². The van der Waals surface area contributed by atoms with Crippen LogP contribution in [0.2, 0.25) is 0 Å². The Hall–Kier alpha value is -1.72. The molecule has 1 nitrogen and oxygen atoms in total. The predicted octanol–water partition coefficient (Wildman–Crippen LogP) is 4.11. The summed E-state index contributed by atoms with van der Waals surface area (Å²) in [4.78, 5) is 0. The fourth-order valence-electron chi connectivity index (χ4n) is 1.71. The van der Waals surface area contributed by atoms with Gasteiger partial charge in [-0.2, -0.15) is 5.26 Å². The molecule has 2 rings (SSSR count). The van der Waals surface area contributed by atoms with Gasteiger partial charge in [0.15, 0.2) is 0 Å². The zero-order chi connectivity index (χ0) is 11.9. The maximum absolute atomic E-state index is 8.45. The standard InChI is InChI=1S/C15H13NS/c16-12-17-11-10-13-6-8-15(9-7-13)14-4-2-1-3-5-14/h1-9H,10-11H2. The lowest BCUT2D eigenvalue weighted by atomic mass is 10.0. The van der Waals surface area contributed by atoms with E-state index >= 15 is 0 Å². The highest BCUT2D eigenvalue weighted by molar-refractivity contribution is 8.03. The van der Waals surface area contributed by atoms with E-state index in [1.807, 2.05) is 18.2 Å². The first-order valence-corrected chi connectivity index (χ1v) is 6.54. The van der Waals surface area contributed by atoms with Gasteiger partial charge in [0.1, 0.15) is 5.40 Å². The Morgan fingerprint density at radius 1 is 0.882 bits per heavy atom. The molecule has 0 saturated heterocycles. The van der Waals surface area contributed by atoms with Crippen molar-refractivity contribution in [1.29, 1.82) is 5.26 Å². The molecule has 0 N–H and O–H groups in total. The van der Waals surface area contributed by atoms with Gasteiger partial charge in [-0.15, -0.1) is 0 Å². The van der Waals surface area contributed by atoms with Crippen molar-refractivity contribution in [2.24, 2.45) is 0 Å². The predicted molar refractivity (Wildman–Crippen MR) is 73.7 cm³/mol. The van der Waals surface area contributed by atoms with Crippen molar-refractivity contribution < 1.29 is 0 Å². The number of thioether (sulfide) groups is 1. The maximum atomic E-state index is 8.45. The van der Waals surface area contributed by atoms with E-state index in [9.17, 15) is 0 Å². The minimum absolute atomic E-state index is 0.862. The van der Waals surface area contributed by atoms with Crippen molar-refractivity contribution >= 4 is 11.8 Å². The topological polar surface area (TPSA) is 23.8 Å². The smallest absolute Gasteiger partial charge is 0.133 e. The molecule has 2 aromatic carbocycles. The second-order valence-corrected chi connectivity index (χ2v) is 4.63. The molecule has 17 heavy (non-hydrogen) atoms. The first kappa shape index (κ1) is 11.8. The van der Waals surface area contributed by atoms with Crippen LogP contribution in [0.1, 0.15) is 5.56 Å². The van der Waals surface area contributed by atoms with Gasteiger partial charge < -0.3 is 0 Å². The Bertz CT molecular complexity index is 497.